The first-order valence-electron chi connectivity index (χ1n) is 6.14. The lowest BCUT2D eigenvalue weighted by molar-refractivity contribution is 0.182. The number of nitrogens with zero attached hydrogens (tertiary/aromatic N) is 3. The maximum Gasteiger partial charge on any atom is 0.243 e. The minimum atomic E-state index is -0.301. The molecule has 0 aromatic carbocycles. The lowest BCUT2D eigenvalue weighted by Gasteiger charge is -2.04. The first-order chi connectivity index (χ1) is 9.10. The predicted molar refractivity (Wildman–Crippen MR) is 70.4 cm³/mol. The molecule has 2 aromatic heterocycles. The van der Waals surface area contributed by atoms with Crippen LogP contribution in [-0.4, -0.2) is 28.8 Å². The first kappa shape index (κ1) is 13.6. The Balaban J connectivity index is 2.20. The third-order valence-corrected chi connectivity index (χ3v) is 2.73. The molecule has 2 rings (SSSR count). The van der Waals surface area contributed by atoms with Gasteiger partial charge >= 0.3 is 0 Å². The monoisotopic (exact) mass is 262 g/mol. The number of hydrogen-bond donors (Lipinski definition) is 1. The number of aromatic nitrogens is 3. The average Bonchev–Trinajstić information content (AvgIpc) is 2.84. The van der Waals surface area contributed by atoms with Gasteiger partial charge in [0.2, 0.25) is 11.7 Å². The Kier molecular flexibility index (Phi) is 4.24. The predicted octanol–water partition coefficient (Wildman–Crippen LogP) is 1.78. The zero-order valence-corrected chi connectivity index (χ0v) is 11.4. The van der Waals surface area contributed by atoms with Crippen molar-refractivity contribution < 1.29 is 9.26 Å². The van der Waals surface area contributed by atoms with E-state index in [1.165, 1.54) is 0 Å². The Bertz CT molecular complexity index is 533. The van der Waals surface area contributed by atoms with Crippen LogP contribution < -0.4 is 5.73 Å². The van der Waals surface area contributed by atoms with E-state index in [0.29, 0.717) is 24.7 Å². The van der Waals surface area contributed by atoms with Gasteiger partial charge in [0.15, 0.2) is 0 Å². The standard InChI is InChI=1S/C13H18N4O2/c1-8-6-10(7-9(2)15-8)12-16-13(19-17-12)11(14)4-5-18-3/h6-7,11H,4-5,14H2,1-3H3. The van der Waals surface area contributed by atoms with Crippen LogP contribution in [0.3, 0.4) is 0 Å². The van der Waals surface area contributed by atoms with E-state index in [2.05, 4.69) is 15.1 Å². The third kappa shape index (κ3) is 3.36. The molecule has 102 valence electrons. The minimum absolute atomic E-state index is 0.301. The fourth-order valence-corrected chi connectivity index (χ4v) is 1.83. The molecule has 1 atom stereocenters. The molecule has 0 aliphatic rings. The quantitative estimate of drug-likeness (QED) is 0.883. The van der Waals surface area contributed by atoms with Gasteiger partial charge in [-0.05, 0) is 32.4 Å². The van der Waals surface area contributed by atoms with Gasteiger partial charge in [-0.15, -0.1) is 0 Å². The molecular formula is C13H18N4O2. The van der Waals surface area contributed by atoms with Crippen molar-refractivity contribution in [3.63, 3.8) is 0 Å². The van der Waals surface area contributed by atoms with Gasteiger partial charge in [-0.25, -0.2) is 0 Å². The molecule has 2 heterocycles. The van der Waals surface area contributed by atoms with Crippen LogP contribution in [0.25, 0.3) is 11.4 Å². The third-order valence-electron chi connectivity index (χ3n) is 2.73. The second kappa shape index (κ2) is 5.90. The van der Waals surface area contributed by atoms with Crippen molar-refractivity contribution in [2.75, 3.05) is 13.7 Å². The van der Waals surface area contributed by atoms with Crippen molar-refractivity contribution in [2.45, 2.75) is 26.3 Å². The van der Waals surface area contributed by atoms with Gasteiger partial charge in [-0.2, -0.15) is 4.98 Å². The summed E-state index contributed by atoms with van der Waals surface area (Å²) in [6.07, 6.45) is 0.645. The van der Waals surface area contributed by atoms with Crippen molar-refractivity contribution in [2.24, 2.45) is 5.73 Å². The maximum atomic E-state index is 5.94. The molecule has 6 nitrogen and oxygen atoms in total. The van der Waals surface area contributed by atoms with Crippen molar-refractivity contribution in [1.82, 2.24) is 15.1 Å². The first-order valence-corrected chi connectivity index (χ1v) is 6.14. The Morgan fingerprint density at radius 2 is 1.95 bits per heavy atom. The maximum absolute atomic E-state index is 5.94. The molecule has 0 spiro atoms. The lowest BCUT2D eigenvalue weighted by atomic mass is 10.2. The van der Waals surface area contributed by atoms with E-state index in [-0.39, 0.29) is 6.04 Å². The minimum Gasteiger partial charge on any atom is -0.385 e. The number of nitrogens with two attached hydrogens (primary N) is 1. The van der Waals surface area contributed by atoms with Crippen LogP contribution >= 0.6 is 0 Å². The topological polar surface area (TPSA) is 87.1 Å². The Morgan fingerprint density at radius 3 is 2.58 bits per heavy atom. The van der Waals surface area contributed by atoms with E-state index in [0.717, 1.165) is 17.0 Å². The summed E-state index contributed by atoms with van der Waals surface area (Å²) in [6, 6.07) is 3.54. The van der Waals surface area contributed by atoms with Gasteiger partial charge in [0.05, 0.1) is 6.04 Å². The Morgan fingerprint density at radius 1 is 1.26 bits per heavy atom. The van der Waals surface area contributed by atoms with E-state index in [1.54, 1.807) is 7.11 Å². The van der Waals surface area contributed by atoms with Gasteiger partial charge in [0.25, 0.3) is 0 Å². The summed E-state index contributed by atoms with van der Waals surface area (Å²) in [6.45, 7) is 4.43. The molecule has 0 radical (unpaired) electrons. The molecular weight excluding hydrogens is 244 g/mol. The van der Waals surface area contributed by atoms with E-state index in [4.69, 9.17) is 15.0 Å². The lowest BCUT2D eigenvalue weighted by Crippen LogP contribution is -2.13. The smallest absolute Gasteiger partial charge is 0.243 e. The van der Waals surface area contributed by atoms with Crippen LogP contribution in [0.1, 0.15) is 29.7 Å². The summed E-state index contributed by atoms with van der Waals surface area (Å²) in [4.78, 5) is 8.64. The van der Waals surface area contributed by atoms with E-state index in [9.17, 15) is 0 Å². The van der Waals surface area contributed by atoms with Crippen LogP contribution in [-0.2, 0) is 4.74 Å². The van der Waals surface area contributed by atoms with Crippen LogP contribution in [0.4, 0.5) is 0 Å². The fraction of sp³-hybridized carbons (Fsp3) is 0.462. The summed E-state index contributed by atoms with van der Waals surface area (Å²) >= 11 is 0. The molecule has 19 heavy (non-hydrogen) atoms. The molecule has 6 heteroatoms. The summed E-state index contributed by atoms with van der Waals surface area (Å²) in [7, 11) is 1.63. The molecule has 0 aliphatic carbocycles. The van der Waals surface area contributed by atoms with Crippen molar-refractivity contribution >= 4 is 0 Å². The highest BCUT2D eigenvalue weighted by Gasteiger charge is 2.15. The van der Waals surface area contributed by atoms with Gasteiger partial charge < -0.3 is 15.0 Å². The van der Waals surface area contributed by atoms with Crippen molar-refractivity contribution in [3.05, 3.63) is 29.4 Å². The van der Waals surface area contributed by atoms with Crippen LogP contribution in [0.5, 0.6) is 0 Å². The highest BCUT2D eigenvalue weighted by Crippen LogP contribution is 2.20. The van der Waals surface area contributed by atoms with Gasteiger partial charge in [-0.1, -0.05) is 5.16 Å². The molecule has 0 saturated heterocycles. The summed E-state index contributed by atoms with van der Waals surface area (Å²) < 4.78 is 10.2. The summed E-state index contributed by atoms with van der Waals surface area (Å²) in [5.41, 5.74) is 8.67. The molecule has 0 fully saturated rings. The fourth-order valence-electron chi connectivity index (χ4n) is 1.83. The number of ether oxygens (including phenoxy) is 1. The largest absolute Gasteiger partial charge is 0.385 e. The number of methoxy groups -OCH3 is 1. The van der Waals surface area contributed by atoms with E-state index >= 15 is 0 Å². The van der Waals surface area contributed by atoms with Crippen LogP contribution in [0.15, 0.2) is 16.7 Å². The average molecular weight is 262 g/mol. The molecule has 0 saturated carbocycles. The van der Waals surface area contributed by atoms with E-state index < -0.39 is 0 Å². The molecule has 0 amide bonds. The zero-order chi connectivity index (χ0) is 13.8. The second-order valence-electron chi connectivity index (χ2n) is 4.48. The van der Waals surface area contributed by atoms with Crippen molar-refractivity contribution in [1.29, 1.82) is 0 Å². The summed E-state index contributed by atoms with van der Waals surface area (Å²) in [5, 5.41) is 3.96. The van der Waals surface area contributed by atoms with E-state index in [1.807, 2.05) is 26.0 Å². The van der Waals surface area contributed by atoms with Crippen molar-refractivity contribution in [3.8, 4) is 11.4 Å². The molecule has 1 unspecified atom stereocenters. The second-order valence-corrected chi connectivity index (χ2v) is 4.48. The molecule has 2 aromatic rings. The van der Waals surface area contributed by atoms with Gasteiger partial charge in [-0.3, -0.25) is 4.98 Å². The van der Waals surface area contributed by atoms with Crippen LogP contribution in [0.2, 0.25) is 0 Å². The number of aryl methyl sites for hydroxylation is 2. The van der Waals surface area contributed by atoms with Crippen LogP contribution in [0, 0.1) is 13.8 Å². The molecule has 0 aliphatic heterocycles. The summed E-state index contributed by atoms with van der Waals surface area (Å²) in [5.74, 6) is 0.968. The number of pyridine rings is 1. The number of rotatable bonds is 5. The molecule has 0 bridgehead atoms. The zero-order valence-electron chi connectivity index (χ0n) is 11.4. The Hall–Kier alpha value is -1.79. The SMILES string of the molecule is COCCC(N)c1nc(-c2cc(C)nc(C)c2)no1. The number of hydrogen-bond acceptors (Lipinski definition) is 6. The normalized spacial score (nSPS) is 12.6. The highest BCUT2D eigenvalue weighted by molar-refractivity contribution is 5.55. The molecule has 2 N–H and O–H groups in total. The van der Waals surface area contributed by atoms with Gasteiger partial charge in [0.1, 0.15) is 0 Å². The highest BCUT2D eigenvalue weighted by atomic mass is 16.5. The Labute approximate surface area is 112 Å². The van der Waals surface area contributed by atoms with Gasteiger partial charge in [0, 0.05) is 30.7 Å².